The van der Waals surface area contributed by atoms with Crippen molar-refractivity contribution >= 4 is 39.1 Å². The fourth-order valence-corrected chi connectivity index (χ4v) is 5.08. The largest absolute Gasteiger partial charge is 0.348 e. The summed E-state index contributed by atoms with van der Waals surface area (Å²) in [7, 11) is 0. The molecule has 142 valence electrons. The molecule has 0 bridgehead atoms. The highest BCUT2D eigenvalue weighted by Gasteiger charge is 2.29. The number of hydrogen-bond acceptors (Lipinski definition) is 2. The van der Waals surface area contributed by atoms with E-state index in [1.165, 1.54) is 12.8 Å². The minimum Gasteiger partial charge on any atom is -0.348 e. The lowest BCUT2D eigenvalue weighted by atomic mass is 9.78. The van der Waals surface area contributed by atoms with Gasteiger partial charge in [-0.25, -0.2) is 0 Å². The fourth-order valence-electron chi connectivity index (χ4n) is 4.14. The van der Waals surface area contributed by atoms with Gasteiger partial charge in [-0.05, 0) is 53.5 Å². The normalized spacial score (nSPS) is 22.9. The summed E-state index contributed by atoms with van der Waals surface area (Å²) in [5.74, 6) is 1.22. The van der Waals surface area contributed by atoms with Crippen molar-refractivity contribution in [3.63, 3.8) is 0 Å². The minimum absolute atomic E-state index is 0.0401. The third kappa shape index (κ3) is 3.78. The molecule has 0 saturated heterocycles. The molecule has 27 heavy (non-hydrogen) atoms. The molecule has 1 saturated carbocycles. The van der Waals surface area contributed by atoms with Crippen molar-refractivity contribution in [2.45, 2.75) is 45.7 Å². The van der Waals surface area contributed by atoms with Crippen LogP contribution in [0.15, 0.2) is 41.8 Å². The third-order valence-corrected chi connectivity index (χ3v) is 7.14. The van der Waals surface area contributed by atoms with E-state index in [-0.39, 0.29) is 11.9 Å². The van der Waals surface area contributed by atoms with Gasteiger partial charge in [0, 0.05) is 17.6 Å². The Kier molecular flexibility index (Phi) is 5.29. The maximum Gasteiger partial charge on any atom is 0.268 e. The first-order chi connectivity index (χ1) is 13.0. The second-order valence-corrected chi connectivity index (χ2v) is 9.14. The quantitative estimate of drug-likeness (QED) is 0.576. The highest BCUT2D eigenvalue weighted by molar-refractivity contribution is 7.17. The van der Waals surface area contributed by atoms with Gasteiger partial charge in [-0.2, -0.15) is 0 Å². The second kappa shape index (κ2) is 7.69. The second-order valence-electron chi connectivity index (χ2n) is 7.76. The first-order valence-corrected chi connectivity index (χ1v) is 10.9. The monoisotopic (exact) mass is 400 g/mol. The molecule has 3 aromatic rings. The van der Waals surface area contributed by atoms with Crippen molar-refractivity contribution in [1.29, 1.82) is 0 Å². The SMILES string of the molecule is C[C@H]1[C@H](C)CCC[C@@H]1NC(=O)c1cc2sccc2n1Cc1ccc(Cl)cc1. The Morgan fingerprint density at radius 3 is 2.78 bits per heavy atom. The van der Waals surface area contributed by atoms with Gasteiger partial charge < -0.3 is 9.88 Å². The number of carbonyl (C=O) groups excluding carboxylic acids is 1. The molecule has 1 amide bonds. The Balaban J connectivity index is 1.62. The molecule has 0 radical (unpaired) electrons. The molecule has 1 N–H and O–H groups in total. The zero-order valence-corrected chi connectivity index (χ0v) is 17.3. The maximum atomic E-state index is 13.1. The van der Waals surface area contributed by atoms with Crippen LogP contribution in [0.3, 0.4) is 0 Å². The van der Waals surface area contributed by atoms with Gasteiger partial charge in [-0.1, -0.05) is 50.4 Å². The van der Waals surface area contributed by atoms with Gasteiger partial charge >= 0.3 is 0 Å². The molecular formula is C22H25ClN2OS. The summed E-state index contributed by atoms with van der Waals surface area (Å²) >= 11 is 7.70. The van der Waals surface area contributed by atoms with Crippen molar-refractivity contribution in [3.8, 4) is 0 Å². The highest BCUT2D eigenvalue weighted by Crippen LogP contribution is 2.31. The fraction of sp³-hybridized carbons (Fsp3) is 0.409. The lowest BCUT2D eigenvalue weighted by Gasteiger charge is -2.34. The van der Waals surface area contributed by atoms with E-state index in [4.69, 9.17) is 11.6 Å². The zero-order chi connectivity index (χ0) is 19.0. The number of halogens is 1. The highest BCUT2D eigenvalue weighted by atomic mass is 35.5. The number of amides is 1. The van der Waals surface area contributed by atoms with Gasteiger partial charge in [-0.15, -0.1) is 11.3 Å². The van der Waals surface area contributed by atoms with Crippen LogP contribution in [-0.2, 0) is 6.54 Å². The number of nitrogens with one attached hydrogen (secondary N) is 1. The van der Waals surface area contributed by atoms with Crippen LogP contribution in [0.25, 0.3) is 10.2 Å². The molecule has 0 aliphatic heterocycles. The summed E-state index contributed by atoms with van der Waals surface area (Å²) in [5.41, 5.74) is 3.00. The number of aromatic nitrogens is 1. The zero-order valence-electron chi connectivity index (χ0n) is 15.7. The Labute approximate surface area is 169 Å². The smallest absolute Gasteiger partial charge is 0.268 e. The van der Waals surface area contributed by atoms with Crippen molar-refractivity contribution in [1.82, 2.24) is 9.88 Å². The van der Waals surface area contributed by atoms with Gasteiger partial charge in [-0.3, -0.25) is 4.79 Å². The van der Waals surface area contributed by atoms with Crippen molar-refractivity contribution < 1.29 is 4.79 Å². The molecule has 3 nitrogen and oxygen atoms in total. The first-order valence-electron chi connectivity index (χ1n) is 9.65. The summed E-state index contributed by atoms with van der Waals surface area (Å²) < 4.78 is 3.28. The maximum absolute atomic E-state index is 13.1. The molecule has 3 atom stereocenters. The van der Waals surface area contributed by atoms with Crippen LogP contribution in [0, 0.1) is 11.8 Å². The number of carbonyl (C=O) groups is 1. The van der Waals surface area contributed by atoms with Gasteiger partial charge in [0.15, 0.2) is 0 Å². The van der Waals surface area contributed by atoms with E-state index >= 15 is 0 Å². The van der Waals surface area contributed by atoms with Gasteiger partial charge in [0.1, 0.15) is 5.69 Å². The molecule has 0 unspecified atom stereocenters. The molecule has 2 aromatic heterocycles. The molecule has 5 heteroatoms. The van der Waals surface area contributed by atoms with Crippen LogP contribution in [0.4, 0.5) is 0 Å². The molecule has 1 aliphatic carbocycles. The molecule has 2 heterocycles. The number of nitrogens with zero attached hydrogens (tertiary/aromatic N) is 1. The van der Waals surface area contributed by atoms with E-state index in [0.717, 1.165) is 32.9 Å². The minimum atomic E-state index is 0.0401. The van der Waals surface area contributed by atoms with E-state index in [1.807, 2.05) is 30.3 Å². The van der Waals surface area contributed by atoms with Gasteiger partial charge in [0.05, 0.1) is 10.2 Å². The number of rotatable bonds is 4. The Morgan fingerprint density at radius 1 is 1.22 bits per heavy atom. The average Bonchev–Trinajstić information content (AvgIpc) is 3.23. The van der Waals surface area contributed by atoms with Crippen molar-refractivity contribution in [2.75, 3.05) is 0 Å². The van der Waals surface area contributed by atoms with Crippen molar-refractivity contribution in [3.05, 3.63) is 58.1 Å². The molecule has 1 aliphatic rings. The predicted octanol–water partition coefficient (Wildman–Crippen LogP) is 5.96. The van der Waals surface area contributed by atoms with Crippen molar-refractivity contribution in [2.24, 2.45) is 11.8 Å². The Morgan fingerprint density at radius 2 is 2.00 bits per heavy atom. The Bertz CT molecular complexity index is 943. The van der Waals surface area contributed by atoms with E-state index in [9.17, 15) is 4.79 Å². The van der Waals surface area contributed by atoms with Gasteiger partial charge in [0.25, 0.3) is 5.91 Å². The standard InChI is InChI=1S/C22H25ClN2OS/c1-14-4-3-5-18(15(14)2)24-22(26)20-12-21-19(10-11-27-21)25(20)13-16-6-8-17(23)9-7-16/h6-12,14-15,18H,3-5,13H2,1-2H3,(H,24,26)/t14-,15+,18+/m1/s1. The lowest BCUT2D eigenvalue weighted by molar-refractivity contribution is 0.0882. The average molecular weight is 401 g/mol. The number of thiophene rings is 1. The molecular weight excluding hydrogens is 376 g/mol. The molecule has 0 spiro atoms. The van der Waals surface area contributed by atoms with Crippen LogP contribution in [0.2, 0.25) is 5.02 Å². The number of hydrogen-bond donors (Lipinski definition) is 1. The third-order valence-electron chi connectivity index (χ3n) is 6.03. The number of fused-ring (bicyclic) bond motifs is 1. The van der Waals surface area contributed by atoms with Crippen LogP contribution >= 0.6 is 22.9 Å². The molecule has 1 fully saturated rings. The molecule has 1 aromatic carbocycles. The Hall–Kier alpha value is -1.78. The predicted molar refractivity (Wildman–Crippen MR) is 114 cm³/mol. The van der Waals surface area contributed by atoms with E-state index in [0.29, 0.717) is 18.4 Å². The summed E-state index contributed by atoms with van der Waals surface area (Å²) in [6.45, 7) is 5.22. The number of benzene rings is 1. The summed E-state index contributed by atoms with van der Waals surface area (Å²) in [6.07, 6.45) is 3.52. The topological polar surface area (TPSA) is 34.0 Å². The molecule has 4 rings (SSSR count). The van der Waals surface area contributed by atoms with E-state index in [2.05, 4.69) is 35.2 Å². The van der Waals surface area contributed by atoms with E-state index in [1.54, 1.807) is 11.3 Å². The van der Waals surface area contributed by atoms with Crippen LogP contribution < -0.4 is 5.32 Å². The summed E-state index contributed by atoms with van der Waals surface area (Å²) in [6, 6.07) is 12.2. The van der Waals surface area contributed by atoms with E-state index < -0.39 is 0 Å². The summed E-state index contributed by atoms with van der Waals surface area (Å²) in [5, 5.41) is 6.13. The van der Waals surface area contributed by atoms with Crippen LogP contribution in [-0.4, -0.2) is 16.5 Å². The first kappa shape index (κ1) is 18.6. The van der Waals surface area contributed by atoms with Crippen LogP contribution in [0.5, 0.6) is 0 Å². The summed E-state index contributed by atoms with van der Waals surface area (Å²) in [4.78, 5) is 13.1. The lowest BCUT2D eigenvalue weighted by Crippen LogP contribution is -2.44. The van der Waals surface area contributed by atoms with Gasteiger partial charge in [0.2, 0.25) is 0 Å². The van der Waals surface area contributed by atoms with Crippen LogP contribution in [0.1, 0.15) is 49.2 Å².